The van der Waals surface area contributed by atoms with Gasteiger partial charge in [-0.15, -0.1) is 0 Å². The molecule has 0 heterocycles. The molecule has 1 unspecified atom stereocenters. The van der Waals surface area contributed by atoms with E-state index in [0.717, 1.165) is 0 Å². The molecule has 1 nitrogen and oxygen atoms in total. The Morgan fingerprint density at radius 3 is 2.30 bits per heavy atom. The van der Waals surface area contributed by atoms with Gasteiger partial charge in [0.2, 0.25) is 0 Å². The number of benzene rings is 2. The molecule has 0 aliphatic rings. The predicted octanol–water partition coefficient (Wildman–Crippen LogP) is 5.28. The van der Waals surface area contributed by atoms with E-state index in [1.54, 1.807) is 42.5 Å². The van der Waals surface area contributed by atoms with Gasteiger partial charge in [-0.25, -0.2) is 0 Å². The van der Waals surface area contributed by atoms with Crippen LogP contribution in [-0.2, 0) is 5.60 Å². The van der Waals surface area contributed by atoms with Gasteiger partial charge in [0.1, 0.15) is 0 Å². The summed E-state index contributed by atoms with van der Waals surface area (Å²) in [5, 5.41) is 12.3. The van der Waals surface area contributed by atoms with Crippen LogP contribution in [0.15, 0.2) is 42.5 Å². The van der Waals surface area contributed by atoms with Crippen LogP contribution in [0.4, 0.5) is 0 Å². The zero-order chi connectivity index (χ0) is 14.8. The molecular formula is C15H8Cl3IO. The van der Waals surface area contributed by atoms with Crippen LogP contribution in [0.5, 0.6) is 0 Å². The van der Waals surface area contributed by atoms with E-state index in [-0.39, 0.29) is 0 Å². The highest BCUT2D eigenvalue weighted by Crippen LogP contribution is 2.36. The summed E-state index contributed by atoms with van der Waals surface area (Å²) in [5.74, 6) is 2.79. The van der Waals surface area contributed by atoms with Crippen molar-refractivity contribution in [1.82, 2.24) is 0 Å². The molecule has 0 aliphatic carbocycles. The summed E-state index contributed by atoms with van der Waals surface area (Å²) >= 11 is 19.9. The van der Waals surface area contributed by atoms with E-state index in [4.69, 9.17) is 34.8 Å². The number of hydrogen-bond donors (Lipinski definition) is 1. The van der Waals surface area contributed by atoms with Crippen molar-refractivity contribution < 1.29 is 5.11 Å². The minimum atomic E-state index is -1.53. The lowest BCUT2D eigenvalue weighted by Crippen LogP contribution is -2.25. The number of rotatable bonds is 2. The van der Waals surface area contributed by atoms with E-state index in [1.807, 2.05) is 22.6 Å². The SMILES string of the molecule is OC(C#CI)(c1cccc(Cl)c1)c1ccc(Cl)cc1Cl. The van der Waals surface area contributed by atoms with E-state index in [1.165, 1.54) is 0 Å². The van der Waals surface area contributed by atoms with Gasteiger partial charge in [-0.1, -0.05) is 53.0 Å². The van der Waals surface area contributed by atoms with Gasteiger partial charge in [-0.3, -0.25) is 0 Å². The van der Waals surface area contributed by atoms with E-state index < -0.39 is 5.60 Å². The molecule has 1 N–H and O–H groups in total. The first kappa shape index (κ1) is 15.9. The molecule has 0 aliphatic heterocycles. The quantitative estimate of drug-likeness (QED) is 0.501. The molecule has 2 aromatic carbocycles. The topological polar surface area (TPSA) is 20.2 Å². The third-order valence-corrected chi connectivity index (χ3v) is 3.84. The average molecular weight is 437 g/mol. The van der Waals surface area contributed by atoms with Crippen LogP contribution in [0, 0.1) is 9.85 Å². The van der Waals surface area contributed by atoms with E-state index >= 15 is 0 Å². The Bertz CT molecular complexity index is 706. The molecule has 0 bridgehead atoms. The Balaban J connectivity index is 2.68. The zero-order valence-corrected chi connectivity index (χ0v) is 14.4. The van der Waals surface area contributed by atoms with Crippen molar-refractivity contribution in [2.45, 2.75) is 5.60 Å². The highest BCUT2D eigenvalue weighted by molar-refractivity contribution is 14.1. The lowest BCUT2D eigenvalue weighted by Gasteiger charge is -2.24. The van der Waals surface area contributed by atoms with Crippen molar-refractivity contribution in [2.75, 3.05) is 0 Å². The Morgan fingerprint density at radius 1 is 1.00 bits per heavy atom. The monoisotopic (exact) mass is 436 g/mol. The second kappa shape index (κ2) is 6.55. The van der Waals surface area contributed by atoms with Gasteiger partial charge in [0.15, 0.2) is 5.60 Å². The maximum Gasteiger partial charge on any atom is 0.179 e. The number of halogens is 4. The van der Waals surface area contributed by atoms with E-state index in [2.05, 4.69) is 9.85 Å². The minimum absolute atomic E-state index is 0.346. The number of aliphatic hydroxyl groups is 1. The first-order valence-corrected chi connectivity index (χ1v) is 7.75. The van der Waals surface area contributed by atoms with Crippen molar-refractivity contribution in [3.05, 3.63) is 68.7 Å². The fraction of sp³-hybridized carbons (Fsp3) is 0.0667. The smallest absolute Gasteiger partial charge is 0.179 e. The highest BCUT2D eigenvalue weighted by atomic mass is 127. The van der Waals surface area contributed by atoms with E-state index in [0.29, 0.717) is 26.2 Å². The highest BCUT2D eigenvalue weighted by Gasteiger charge is 2.32. The van der Waals surface area contributed by atoms with Gasteiger partial charge in [0.25, 0.3) is 0 Å². The minimum Gasteiger partial charge on any atom is -0.369 e. The third-order valence-electron chi connectivity index (χ3n) is 2.79. The van der Waals surface area contributed by atoms with Crippen LogP contribution >= 0.6 is 57.4 Å². The molecule has 2 rings (SSSR count). The molecule has 0 fully saturated rings. The van der Waals surface area contributed by atoms with Gasteiger partial charge in [-0.05, 0) is 34.1 Å². The first-order valence-electron chi connectivity index (χ1n) is 5.54. The van der Waals surface area contributed by atoms with Crippen LogP contribution in [0.1, 0.15) is 11.1 Å². The molecule has 102 valence electrons. The van der Waals surface area contributed by atoms with Crippen molar-refractivity contribution in [3.8, 4) is 9.85 Å². The Kier molecular flexibility index (Phi) is 5.22. The Morgan fingerprint density at radius 2 is 1.70 bits per heavy atom. The standard InChI is InChI=1S/C15H8Cl3IO/c16-11-3-1-2-10(8-11)15(20,6-7-19)13-5-4-12(17)9-14(13)18/h1-5,8-9,20H. The normalized spacial score (nSPS) is 13.2. The van der Waals surface area contributed by atoms with Crippen LogP contribution in [0.25, 0.3) is 0 Å². The third kappa shape index (κ3) is 3.24. The van der Waals surface area contributed by atoms with Crippen LogP contribution in [0.2, 0.25) is 15.1 Å². The summed E-state index contributed by atoms with van der Waals surface area (Å²) in [6.07, 6.45) is 0. The molecule has 0 spiro atoms. The van der Waals surface area contributed by atoms with Crippen LogP contribution in [0.3, 0.4) is 0 Å². The van der Waals surface area contributed by atoms with Crippen molar-refractivity contribution in [2.24, 2.45) is 0 Å². The molecule has 1 atom stereocenters. The summed E-state index contributed by atoms with van der Waals surface area (Å²) < 4.78 is 2.70. The van der Waals surface area contributed by atoms with Crippen LogP contribution in [-0.4, -0.2) is 5.11 Å². The lowest BCUT2D eigenvalue weighted by molar-refractivity contribution is 0.145. The van der Waals surface area contributed by atoms with Crippen molar-refractivity contribution in [1.29, 1.82) is 0 Å². The fourth-order valence-electron chi connectivity index (χ4n) is 1.86. The molecule has 0 saturated heterocycles. The molecule has 20 heavy (non-hydrogen) atoms. The maximum atomic E-state index is 11.0. The van der Waals surface area contributed by atoms with Gasteiger partial charge in [0.05, 0.1) is 0 Å². The molecule has 5 heteroatoms. The van der Waals surface area contributed by atoms with Crippen molar-refractivity contribution in [3.63, 3.8) is 0 Å². The lowest BCUT2D eigenvalue weighted by atomic mass is 9.87. The van der Waals surface area contributed by atoms with E-state index in [9.17, 15) is 5.11 Å². The summed E-state index contributed by atoms with van der Waals surface area (Å²) in [7, 11) is 0. The maximum absolute atomic E-state index is 11.0. The summed E-state index contributed by atoms with van der Waals surface area (Å²) in [6, 6.07) is 11.8. The van der Waals surface area contributed by atoms with Gasteiger partial charge in [-0.2, -0.15) is 0 Å². The Hall–Kier alpha value is -0.440. The van der Waals surface area contributed by atoms with Gasteiger partial charge >= 0.3 is 0 Å². The molecule has 2 aromatic rings. The largest absolute Gasteiger partial charge is 0.369 e. The second-order valence-corrected chi connectivity index (χ2v) is 5.88. The second-order valence-electron chi connectivity index (χ2n) is 4.06. The molecule has 0 amide bonds. The molecule has 0 radical (unpaired) electrons. The van der Waals surface area contributed by atoms with Gasteiger partial charge in [0, 0.05) is 48.8 Å². The summed E-state index contributed by atoms with van der Waals surface area (Å²) in [6.45, 7) is 0. The Labute approximate surface area is 146 Å². The van der Waals surface area contributed by atoms with Gasteiger partial charge < -0.3 is 5.11 Å². The average Bonchev–Trinajstić information content (AvgIpc) is 2.38. The molecular weight excluding hydrogens is 429 g/mol. The molecule has 0 saturated carbocycles. The summed E-state index contributed by atoms with van der Waals surface area (Å²) in [5.41, 5.74) is -0.512. The number of hydrogen-bond acceptors (Lipinski definition) is 1. The first-order chi connectivity index (χ1) is 9.47. The summed E-state index contributed by atoms with van der Waals surface area (Å²) in [4.78, 5) is 0. The fourth-order valence-corrected chi connectivity index (χ4v) is 2.99. The van der Waals surface area contributed by atoms with Crippen molar-refractivity contribution >= 4 is 57.4 Å². The molecule has 0 aromatic heterocycles. The zero-order valence-electron chi connectivity index (χ0n) is 10.0. The van der Waals surface area contributed by atoms with Crippen LogP contribution < -0.4 is 0 Å². The predicted molar refractivity (Wildman–Crippen MR) is 92.7 cm³/mol.